The van der Waals surface area contributed by atoms with Crippen molar-refractivity contribution in [1.82, 2.24) is 4.98 Å². The molecule has 0 atom stereocenters. The highest BCUT2D eigenvalue weighted by Crippen LogP contribution is 2.20. The number of nitrogens with zero attached hydrogens (tertiary/aromatic N) is 1. The summed E-state index contributed by atoms with van der Waals surface area (Å²) < 4.78 is 5.59. The molecule has 0 N–H and O–H groups in total. The summed E-state index contributed by atoms with van der Waals surface area (Å²) in [5.41, 5.74) is 0.807. The Kier molecular flexibility index (Phi) is 2.66. The summed E-state index contributed by atoms with van der Waals surface area (Å²) >= 11 is 0. The number of terminal acetylenes is 1. The average Bonchev–Trinajstić information content (AvgIpc) is 2.31. The van der Waals surface area contributed by atoms with E-state index < -0.39 is 0 Å². The molecule has 0 saturated heterocycles. The Hall–Kier alpha value is -2.27. The SMILES string of the molecule is C#Cc1cccc(Oc2ccncc2)c1. The summed E-state index contributed by atoms with van der Waals surface area (Å²) in [6.07, 6.45) is 8.66. The quantitative estimate of drug-likeness (QED) is 0.687. The van der Waals surface area contributed by atoms with Gasteiger partial charge in [0, 0.05) is 18.0 Å². The minimum atomic E-state index is 0.733. The molecule has 2 heteroatoms. The van der Waals surface area contributed by atoms with Crippen LogP contribution in [0.2, 0.25) is 0 Å². The van der Waals surface area contributed by atoms with E-state index in [9.17, 15) is 0 Å². The van der Waals surface area contributed by atoms with Crippen molar-refractivity contribution < 1.29 is 4.74 Å². The van der Waals surface area contributed by atoms with Crippen LogP contribution in [0.15, 0.2) is 48.8 Å². The molecule has 2 aromatic rings. The molecule has 2 rings (SSSR count). The summed E-state index contributed by atoms with van der Waals surface area (Å²) in [7, 11) is 0. The van der Waals surface area contributed by atoms with Crippen LogP contribution < -0.4 is 4.74 Å². The molecule has 1 aromatic heterocycles. The first-order valence-corrected chi connectivity index (χ1v) is 4.53. The highest BCUT2D eigenvalue weighted by atomic mass is 16.5. The standard InChI is InChI=1S/C13H9NO/c1-2-11-4-3-5-13(10-11)15-12-6-8-14-9-7-12/h1,3-10H. The van der Waals surface area contributed by atoms with Crippen LogP contribution >= 0.6 is 0 Å². The second kappa shape index (κ2) is 4.30. The molecule has 1 heterocycles. The van der Waals surface area contributed by atoms with Crippen molar-refractivity contribution in [3.8, 4) is 23.8 Å². The number of hydrogen-bond donors (Lipinski definition) is 0. The topological polar surface area (TPSA) is 22.1 Å². The molecule has 15 heavy (non-hydrogen) atoms. The number of pyridine rings is 1. The smallest absolute Gasteiger partial charge is 0.130 e. The summed E-state index contributed by atoms with van der Waals surface area (Å²) in [5.74, 6) is 4.04. The van der Waals surface area contributed by atoms with Gasteiger partial charge in [0.05, 0.1) is 0 Å². The normalized spacial score (nSPS) is 9.27. The summed E-state index contributed by atoms with van der Waals surface area (Å²) in [6.45, 7) is 0. The van der Waals surface area contributed by atoms with Gasteiger partial charge in [-0.25, -0.2) is 0 Å². The fourth-order valence-electron chi connectivity index (χ4n) is 1.19. The summed E-state index contributed by atoms with van der Waals surface area (Å²) in [4.78, 5) is 3.91. The van der Waals surface area contributed by atoms with Gasteiger partial charge >= 0.3 is 0 Å². The van der Waals surface area contributed by atoms with E-state index in [2.05, 4.69) is 10.9 Å². The Morgan fingerprint density at radius 2 is 1.87 bits per heavy atom. The van der Waals surface area contributed by atoms with Gasteiger partial charge in [-0.15, -0.1) is 6.42 Å². The van der Waals surface area contributed by atoms with Gasteiger partial charge in [0.2, 0.25) is 0 Å². The van der Waals surface area contributed by atoms with Gasteiger partial charge in [0.15, 0.2) is 0 Å². The first-order valence-electron chi connectivity index (χ1n) is 4.53. The maximum atomic E-state index is 5.59. The zero-order chi connectivity index (χ0) is 10.5. The van der Waals surface area contributed by atoms with Crippen LogP contribution in [0.3, 0.4) is 0 Å². The van der Waals surface area contributed by atoms with Crippen LogP contribution in [0.1, 0.15) is 5.56 Å². The number of hydrogen-bond acceptors (Lipinski definition) is 2. The minimum absolute atomic E-state index is 0.733. The monoisotopic (exact) mass is 195 g/mol. The summed E-state index contributed by atoms with van der Waals surface area (Å²) in [5, 5.41) is 0. The van der Waals surface area contributed by atoms with Gasteiger partial charge in [-0.2, -0.15) is 0 Å². The molecular weight excluding hydrogens is 186 g/mol. The lowest BCUT2D eigenvalue weighted by Gasteiger charge is -2.04. The van der Waals surface area contributed by atoms with E-state index in [1.807, 2.05) is 24.3 Å². The van der Waals surface area contributed by atoms with Crippen molar-refractivity contribution in [3.63, 3.8) is 0 Å². The third kappa shape index (κ3) is 2.35. The van der Waals surface area contributed by atoms with Crippen molar-refractivity contribution in [1.29, 1.82) is 0 Å². The van der Waals surface area contributed by atoms with Crippen LogP contribution in [-0.2, 0) is 0 Å². The Labute approximate surface area is 88.6 Å². The van der Waals surface area contributed by atoms with Crippen molar-refractivity contribution in [2.24, 2.45) is 0 Å². The van der Waals surface area contributed by atoms with E-state index in [-0.39, 0.29) is 0 Å². The lowest BCUT2D eigenvalue weighted by Crippen LogP contribution is -1.84. The van der Waals surface area contributed by atoms with Crippen LogP contribution in [0, 0.1) is 12.3 Å². The van der Waals surface area contributed by atoms with E-state index in [4.69, 9.17) is 11.2 Å². The molecule has 1 aromatic carbocycles. The molecule has 0 aliphatic rings. The third-order valence-electron chi connectivity index (χ3n) is 1.89. The lowest BCUT2D eigenvalue weighted by molar-refractivity contribution is 0.482. The first-order chi connectivity index (χ1) is 7.38. The third-order valence-corrected chi connectivity index (χ3v) is 1.89. The average molecular weight is 195 g/mol. The zero-order valence-corrected chi connectivity index (χ0v) is 8.05. The molecular formula is C13H9NO. The van der Waals surface area contributed by atoms with Crippen LogP contribution in [0.5, 0.6) is 11.5 Å². The number of ether oxygens (including phenoxy) is 1. The van der Waals surface area contributed by atoms with Gasteiger partial charge in [-0.3, -0.25) is 4.98 Å². The molecule has 0 bridgehead atoms. The lowest BCUT2D eigenvalue weighted by atomic mass is 10.2. The zero-order valence-electron chi connectivity index (χ0n) is 8.05. The van der Waals surface area contributed by atoms with Crippen LogP contribution in [0.4, 0.5) is 0 Å². The Morgan fingerprint density at radius 3 is 2.60 bits per heavy atom. The van der Waals surface area contributed by atoms with E-state index >= 15 is 0 Å². The molecule has 0 aliphatic carbocycles. The maximum absolute atomic E-state index is 5.59. The van der Waals surface area contributed by atoms with Gasteiger partial charge in [-0.05, 0) is 30.3 Å². The van der Waals surface area contributed by atoms with Gasteiger partial charge in [0.1, 0.15) is 11.5 Å². The molecule has 72 valence electrons. The molecule has 0 unspecified atom stereocenters. The fraction of sp³-hybridized carbons (Fsp3) is 0. The predicted molar refractivity (Wildman–Crippen MR) is 58.7 cm³/mol. The van der Waals surface area contributed by atoms with Gasteiger partial charge < -0.3 is 4.74 Å². The number of benzene rings is 1. The van der Waals surface area contributed by atoms with E-state index in [0.29, 0.717) is 0 Å². The van der Waals surface area contributed by atoms with E-state index in [0.717, 1.165) is 17.1 Å². The Bertz CT molecular complexity index is 485. The molecule has 0 fully saturated rings. The molecule has 0 spiro atoms. The first kappa shape index (κ1) is 9.29. The van der Waals surface area contributed by atoms with E-state index in [1.54, 1.807) is 24.5 Å². The molecule has 2 nitrogen and oxygen atoms in total. The second-order valence-corrected chi connectivity index (χ2v) is 2.96. The van der Waals surface area contributed by atoms with Crippen LogP contribution in [0.25, 0.3) is 0 Å². The highest BCUT2D eigenvalue weighted by Gasteiger charge is 1.96. The molecule has 0 amide bonds. The predicted octanol–water partition coefficient (Wildman–Crippen LogP) is 2.86. The van der Waals surface area contributed by atoms with Crippen molar-refractivity contribution in [3.05, 3.63) is 54.4 Å². The molecule has 0 radical (unpaired) electrons. The van der Waals surface area contributed by atoms with E-state index in [1.165, 1.54) is 0 Å². The van der Waals surface area contributed by atoms with Crippen molar-refractivity contribution in [2.45, 2.75) is 0 Å². The maximum Gasteiger partial charge on any atom is 0.130 e. The number of rotatable bonds is 2. The van der Waals surface area contributed by atoms with Crippen LogP contribution in [-0.4, -0.2) is 4.98 Å². The van der Waals surface area contributed by atoms with Gasteiger partial charge in [-0.1, -0.05) is 12.0 Å². The minimum Gasteiger partial charge on any atom is -0.457 e. The fourth-order valence-corrected chi connectivity index (χ4v) is 1.19. The Balaban J connectivity index is 2.22. The number of aromatic nitrogens is 1. The summed E-state index contributed by atoms with van der Waals surface area (Å²) in [6, 6.07) is 11.0. The highest BCUT2D eigenvalue weighted by molar-refractivity contribution is 5.40. The second-order valence-electron chi connectivity index (χ2n) is 2.96. The molecule has 0 saturated carbocycles. The van der Waals surface area contributed by atoms with Gasteiger partial charge in [0.25, 0.3) is 0 Å². The largest absolute Gasteiger partial charge is 0.457 e. The van der Waals surface area contributed by atoms with Crippen molar-refractivity contribution in [2.75, 3.05) is 0 Å². The molecule has 0 aliphatic heterocycles. The van der Waals surface area contributed by atoms with Crippen molar-refractivity contribution >= 4 is 0 Å². The Morgan fingerprint density at radius 1 is 1.07 bits per heavy atom.